The number of aryl methyl sites for hydroxylation is 2. The molecule has 4 rings (SSSR count). The van der Waals surface area contributed by atoms with Crippen LogP contribution in [0.25, 0.3) is 0 Å². The molecule has 2 saturated carbocycles. The summed E-state index contributed by atoms with van der Waals surface area (Å²) in [4.78, 5) is 14.1. The lowest BCUT2D eigenvalue weighted by Gasteiger charge is -2.46. The van der Waals surface area contributed by atoms with Crippen LogP contribution in [0.15, 0.2) is 24.3 Å². The van der Waals surface area contributed by atoms with Gasteiger partial charge in [0.2, 0.25) is 0 Å². The Balaban J connectivity index is 1.69. The summed E-state index contributed by atoms with van der Waals surface area (Å²) in [6.07, 6.45) is 26.3. The van der Waals surface area contributed by atoms with E-state index in [1.807, 2.05) is 0 Å². The van der Waals surface area contributed by atoms with Crippen LogP contribution in [0, 0.1) is 0 Å². The molecular formula is C45H70O3. The minimum atomic E-state index is -0.559. The second-order valence-corrected chi connectivity index (χ2v) is 15.2. The van der Waals surface area contributed by atoms with Gasteiger partial charge in [-0.15, -0.1) is 0 Å². The van der Waals surface area contributed by atoms with Gasteiger partial charge in [0, 0.05) is 0 Å². The number of unbranched alkanes of at least 4 members (excludes halogenated alkanes) is 6. The molecule has 0 aliphatic heterocycles. The summed E-state index contributed by atoms with van der Waals surface area (Å²) in [5, 5.41) is 0. The molecule has 0 bridgehead atoms. The topological polar surface area (TPSA) is 35.5 Å². The molecule has 0 aromatic heterocycles. The Morgan fingerprint density at radius 2 is 0.792 bits per heavy atom. The zero-order valence-electron chi connectivity index (χ0n) is 32.0. The van der Waals surface area contributed by atoms with Crippen LogP contribution in [0.5, 0.6) is 0 Å². The van der Waals surface area contributed by atoms with Crippen molar-refractivity contribution < 1.29 is 14.3 Å². The van der Waals surface area contributed by atoms with Gasteiger partial charge >= 0.3 is 6.16 Å². The number of hydrogen-bond acceptors (Lipinski definition) is 3. The molecule has 3 heteroatoms. The molecule has 2 aliphatic carbocycles. The molecule has 0 atom stereocenters. The van der Waals surface area contributed by atoms with Crippen molar-refractivity contribution >= 4 is 6.16 Å². The molecule has 2 aliphatic rings. The van der Waals surface area contributed by atoms with E-state index in [9.17, 15) is 4.79 Å². The van der Waals surface area contributed by atoms with Crippen molar-refractivity contribution in [3.63, 3.8) is 0 Å². The van der Waals surface area contributed by atoms with E-state index in [0.717, 1.165) is 77.0 Å². The summed E-state index contributed by atoms with van der Waals surface area (Å²) in [6.45, 7) is 13.7. The minimum Gasteiger partial charge on any atom is -0.423 e. The molecule has 2 aromatic rings. The Hall–Kier alpha value is -2.29. The van der Waals surface area contributed by atoms with E-state index in [1.165, 1.54) is 110 Å². The third kappa shape index (κ3) is 9.08. The van der Waals surface area contributed by atoms with Crippen molar-refractivity contribution in [2.24, 2.45) is 0 Å². The number of rotatable bonds is 22. The van der Waals surface area contributed by atoms with Gasteiger partial charge < -0.3 is 9.47 Å². The van der Waals surface area contributed by atoms with Gasteiger partial charge in [-0.05, 0) is 160 Å². The third-order valence-corrected chi connectivity index (χ3v) is 11.6. The molecule has 2 aromatic carbocycles. The molecule has 3 nitrogen and oxygen atoms in total. The molecule has 0 unspecified atom stereocenters. The van der Waals surface area contributed by atoms with E-state index in [0.29, 0.717) is 0 Å². The van der Waals surface area contributed by atoms with Gasteiger partial charge in [-0.3, -0.25) is 0 Å². The zero-order chi connectivity index (χ0) is 34.4. The molecule has 0 radical (unpaired) electrons. The van der Waals surface area contributed by atoms with Gasteiger partial charge in [0.05, 0.1) is 0 Å². The molecule has 0 spiro atoms. The van der Waals surface area contributed by atoms with Gasteiger partial charge in [0.15, 0.2) is 0 Å². The number of carbonyl (C=O) groups excluding carboxylic acids is 1. The maximum atomic E-state index is 14.1. The first-order chi connectivity index (χ1) is 23.4. The average Bonchev–Trinajstić information content (AvgIpc) is 3.06. The van der Waals surface area contributed by atoms with Crippen molar-refractivity contribution in [3.05, 3.63) is 68.8 Å². The van der Waals surface area contributed by atoms with E-state index in [1.54, 1.807) is 11.1 Å². The summed E-state index contributed by atoms with van der Waals surface area (Å²) < 4.78 is 13.3. The second-order valence-electron chi connectivity index (χ2n) is 15.2. The van der Waals surface area contributed by atoms with Crippen LogP contribution in [-0.2, 0) is 59.2 Å². The van der Waals surface area contributed by atoms with Crippen molar-refractivity contribution in [1.29, 1.82) is 0 Å². The van der Waals surface area contributed by atoms with E-state index >= 15 is 0 Å². The van der Waals surface area contributed by atoms with Crippen LogP contribution >= 0.6 is 0 Å². The largest absolute Gasteiger partial charge is 0.510 e. The number of carbonyl (C=O) groups is 1. The van der Waals surface area contributed by atoms with Crippen LogP contribution in [0.4, 0.5) is 4.79 Å². The first-order valence-electron chi connectivity index (χ1n) is 20.6. The molecule has 268 valence electrons. The monoisotopic (exact) mass is 659 g/mol. The SMILES string of the molecule is CCCCc1ccc(C2(OC(=O)OC3(c4ccc(CCCC)c(CCCC)c4CCCC)CCC3)CCC2)c(CCCC)c1CCCC. The van der Waals surface area contributed by atoms with E-state index in [-0.39, 0.29) is 0 Å². The zero-order valence-corrected chi connectivity index (χ0v) is 32.0. The fraction of sp³-hybridized carbons (Fsp3) is 0.711. The van der Waals surface area contributed by atoms with Crippen LogP contribution in [-0.4, -0.2) is 6.16 Å². The highest BCUT2D eigenvalue weighted by Crippen LogP contribution is 2.51. The minimum absolute atomic E-state index is 0.451. The quantitative estimate of drug-likeness (QED) is 0.118. The predicted octanol–water partition coefficient (Wildman–Crippen LogP) is 13.4. The summed E-state index contributed by atoms with van der Waals surface area (Å²) in [5.41, 5.74) is 10.5. The molecule has 0 heterocycles. The van der Waals surface area contributed by atoms with Gasteiger partial charge in [-0.25, -0.2) is 4.79 Å². The normalized spacial score (nSPS) is 16.3. The number of hydrogen-bond donors (Lipinski definition) is 0. The Morgan fingerprint density at radius 3 is 1.08 bits per heavy atom. The molecule has 48 heavy (non-hydrogen) atoms. The first-order valence-corrected chi connectivity index (χ1v) is 20.6. The maximum Gasteiger partial charge on any atom is 0.510 e. The summed E-state index contributed by atoms with van der Waals surface area (Å²) in [6, 6.07) is 9.45. The van der Waals surface area contributed by atoms with E-state index in [2.05, 4.69) is 65.8 Å². The number of ether oxygens (including phenoxy) is 2. The highest BCUT2D eigenvalue weighted by Gasteiger charge is 2.49. The lowest BCUT2D eigenvalue weighted by Crippen LogP contribution is -2.45. The number of benzene rings is 2. The summed E-state index contributed by atoms with van der Waals surface area (Å²) >= 11 is 0. The average molecular weight is 659 g/mol. The van der Waals surface area contributed by atoms with Crippen LogP contribution < -0.4 is 0 Å². The fourth-order valence-electron chi connectivity index (χ4n) is 8.34. The molecular weight excluding hydrogens is 588 g/mol. The highest BCUT2D eigenvalue weighted by molar-refractivity contribution is 5.63. The molecule has 2 fully saturated rings. The Bertz CT molecular complexity index is 1180. The standard InChI is InChI=1S/C45H70O3/c1-7-13-21-35-27-29-41(39(25-17-11-5)37(35)23-15-9-3)44(31-19-32-44)47-43(46)48-45(33-20-34-45)42-30-28-36(22-14-8-2)38(24-16-10-4)40(42)26-18-12-6/h27-30H,7-26,31-34H2,1-6H3. The van der Waals surface area contributed by atoms with E-state index in [4.69, 9.17) is 9.47 Å². The highest BCUT2D eigenvalue weighted by atomic mass is 16.7. The van der Waals surface area contributed by atoms with Crippen LogP contribution in [0.2, 0.25) is 0 Å². The van der Waals surface area contributed by atoms with Crippen molar-refractivity contribution in [3.8, 4) is 0 Å². The first kappa shape index (κ1) is 38.5. The van der Waals surface area contributed by atoms with Crippen molar-refractivity contribution in [2.75, 3.05) is 0 Å². The van der Waals surface area contributed by atoms with E-state index < -0.39 is 17.4 Å². The Morgan fingerprint density at radius 1 is 0.479 bits per heavy atom. The smallest absolute Gasteiger partial charge is 0.423 e. The van der Waals surface area contributed by atoms with Gasteiger partial charge in [0.25, 0.3) is 0 Å². The summed E-state index contributed by atoms with van der Waals surface area (Å²) in [5.74, 6) is 0. The predicted molar refractivity (Wildman–Crippen MR) is 203 cm³/mol. The Kier molecular flexibility index (Phi) is 15.4. The molecule has 0 saturated heterocycles. The third-order valence-electron chi connectivity index (χ3n) is 11.6. The van der Waals surface area contributed by atoms with Crippen LogP contribution in [0.3, 0.4) is 0 Å². The van der Waals surface area contributed by atoms with Gasteiger partial charge in [0.1, 0.15) is 11.2 Å². The maximum absolute atomic E-state index is 14.1. The van der Waals surface area contributed by atoms with Crippen molar-refractivity contribution in [2.45, 2.75) is 207 Å². The second kappa shape index (κ2) is 19.2. The van der Waals surface area contributed by atoms with Gasteiger partial charge in [-0.1, -0.05) is 104 Å². The lowest BCUT2D eigenvalue weighted by molar-refractivity contribution is -0.136. The van der Waals surface area contributed by atoms with Crippen molar-refractivity contribution in [1.82, 2.24) is 0 Å². The molecule has 0 amide bonds. The Labute approximate surface area is 295 Å². The molecule has 0 N–H and O–H groups in total. The fourth-order valence-corrected chi connectivity index (χ4v) is 8.34. The lowest BCUT2D eigenvalue weighted by atomic mass is 9.70. The summed E-state index contributed by atoms with van der Waals surface area (Å²) in [7, 11) is 0. The van der Waals surface area contributed by atoms with Crippen LogP contribution in [0.1, 0.15) is 202 Å². The van der Waals surface area contributed by atoms with Gasteiger partial charge in [-0.2, -0.15) is 0 Å².